The SMILES string of the molecule is CCC[C@@H](c1nnnn1C(C)(C)C)N(Cc1ccc(C)cc1)Cc1cc2c(C)cc(C)cc2[nH]c1=O. The summed E-state index contributed by atoms with van der Waals surface area (Å²) < 4.78 is 1.92. The Morgan fingerprint density at radius 3 is 2.39 bits per heavy atom. The highest BCUT2D eigenvalue weighted by Gasteiger charge is 2.30. The van der Waals surface area contributed by atoms with E-state index >= 15 is 0 Å². The largest absolute Gasteiger partial charge is 0.322 e. The lowest BCUT2D eigenvalue weighted by atomic mass is 10.0. The summed E-state index contributed by atoms with van der Waals surface area (Å²) in [5.41, 5.74) is 6.05. The summed E-state index contributed by atoms with van der Waals surface area (Å²) in [6.45, 7) is 15.9. The molecular formula is C29H38N6O. The molecule has 0 aliphatic rings. The van der Waals surface area contributed by atoms with E-state index in [-0.39, 0.29) is 17.1 Å². The van der Waals surface area contributed by atoms with Crippen LogP contribution in [0.3, 0.4) is 0 Å². The molecule has 0 spiro atoms. The van der Waals surface area contributed by atoms with Gasteiger partial charge in [0.05, 0.1) is 11.6 Å². The van der Waals surface area contributed by atoms with E-state index in [1.165, 1.54) is 11.1 Å². The van der Waals surface area contributed by atoms with Crippen LogP contribution in [0.2, 0.25) is 0 Å². The third-order valence-electron chi connectivity index (χ3n) is 6.70. The zero-order valence-electron chi connectivity index (χ0n) is 22.6. The molecule has 2 aromatic carbocycles. The molecule has 7 heteroatoms. The molecular weight excluding hydrogens is 448 g/mol. The van der Waals surface area contributed by atoms with Gasteiger partial charge in [-0.2, -0.15) is 0 Å². The van der Waals surface area contributed by atoms with Crippen LogP contribution in [0.4, 0.5) is 0 Å². The van der Waals surface area contributed by atoms with Crippen LogP contribution in [0.5, 0.6) is 0 Å². The van der Waals surface area contributed by atoms with Gasteiger partial charge in [-0.1, -0.05) is 49.2 Å². The molecule has 0 aliphatic carbocycles. The number of nitrogens with one attached hydrogen (secondary N) is 1. The van der Waals surface area contributed by atoms with Gasteiger partial charge >= 0.3 is 0 Å². The Labute approximate surface area is 213 Å². The van der Waals surface area contributed by atoms with Gasteiger partial charge in [-0.3, -0.25) is 9.69 Å². The molecule has 2 heterocycles. The van der Waals surface area contributed by atoms with Crippen LogP contribution in [0.1, 0.15) is 80.2 Å². The van der Waals surface area contributed by atoms with E-state index in [1.807, 2.05) is 10.7 Å². The molecule has 2 aromatic heterocycles. The molecule has 1 N–H and O–H groups in total. The zero-order chi connectivity index (χ0) is 26.0. The minimum atomic E-state index is -0.254. The molecule has 0 radical (unpaired) electrons. The summed E-state index contributed by atoms with van der Waals surface area (Å²) in [5.74, 6) is 0.834. The second-order valence-electron chi connectivity index (χ2n) is 11.0. The Balaban J connectivity index is 1.81. The fourth-order valence-corrected chi connectivity index (χ4v) is 4.88. The van der Waals surface area contributed by atoms with E-state index < -0.39 is 0 Å². The molecule has 0 aliphatic heterocycles. The number of H-pyrrole nitrogens is 1. The Bertz CT molecular complexity index is 1390. The van der Waals surface area contributed by atoms with Gasteiger partial charge in [-0.15, -0.1) is 5.10 Å². The zero-order valence-corrected chi connectivity index (χ0v) is 22.6. The van der Waals surface area contributed by atoms with E-state index in [1.54, 1.807) is 0 Å². The number of aryl methyl sites for hydroxylation is 3. The monoisotopic (exact) mass is 486 g/mol. The van der Waals surface area contributed by atoms with Gasteiger partial charge < -0.3 is 4.98 Å². The van der Waals surface area contributed by atoms with Gasteiger partial charge in [0, 0.05) is 29.6 Å². The number of nitrogens with zero attached hydrogens (tertiary/aromatic N) is 5. The smallest absolute Gasteiger partial charge is 0.252 e. The van der Waals surface area contributed by atoms with Gasteiger partial charge in [0.2, 0.25) is 0 Å². The number of aromatic amines is 1. The minimum absolute atomic E-state index is 0.0419. The van der Waals surface area contributed by atoms with Crippen LogP contribution in [-0.4, -0.2) is 30.1 Å². The summed E-state index contributed by atoms with van der Waals surface area (Å²) in [4.78, 5) is 18.7. The van der Waals surface area contributed by atoms with Gasteiger partial charge in [0.1, 0.15) is 0 Å². The Morgan fingerprint density at radius 2 is 1.72 bits per heavy atom. The first-order chi connectivity index (χ1) is 17.1. The molecule has 0 bridgehead atoms. The second-order valence-corrected chi connectivity index (χ2v) is 11.0. The van der Waals surface area contributed by atoms with Gasteiger partial charge in [0.15, 0.2) is 5.82 Å². The van der Waals surface area contributed by atoms with E-state index in [4.69, 9.17) is 0 Å². The van der Waals surface area contributed by atoms with E-state index in [0.717, 1.165) is 46.3 Å². The first-order valence-electron chi connectivity index (χ1n) is 12.8. The number of tetrazole rings is 1. The summed E-state index contributed by atoms with van der Waals surface area (Å²) >= 11 is 0. The third kappa shape index (κ3) is 5.57. The molecule has 0 saturated heterocycles. The summed E-state index contributed by atoms with van der Waals surface area (Å²) in [7, 11) is 0. The number of hydrogen-bond donors (Lipinski definition) is 1. The molecule has 0 saturated carbocycles. The maximum absolute atomic E-state index is 13.3. The van der Waals surface area contributed by atoms with Crippen LogP contribution in [0, 0.1) is 20.8 Å². The van der Waals surface area contributed by atoms with Crippen LogP contribution >= 0.6 is 0 Å². The normalized spacial score (nSPS) is 13.0. The molecule has 36 heavy (non-hydrogen) atoms. The predicted molar refractivity (Wildman–Crippen MR) is 145 cm³/mol. The summed E-state index contributed by atoms with van der Waals surface area (Å²) in [5, 5.41) is 14.0. The topological polar surface area (TPSA) is 79.7 Å². The highest BCUT2D eigenvalue weighted by molar-refractivity contribution is 5.83. The molecule has 0 unspecified atom stereocenters. The number of rotatable bonds is 8. The molecule has 0 fully saturated rings. The average Bonchev–Trinajstić information content (AvgIpc) is 3.29. The van der Waals surface area contributed by atoms with E-state index in [9.17, 15) is 4.79 Å². The fourth-order valence-electron chi connectivity index (χ4n) is 4.88. The number of pyridine rings is 1. The molecule has 4 aromatic rings. The maximum Gasteiger partial charge on any atom is 0.252 e. The van der Waals surface area contributed by atoms with Crippen molar-refractivity contribution < 1.29 is 0 Å². The highest BCUT2D eigenvalue weighted by Crippen LogP contribution is 2.30. The second kappa shape index (κ2) is 10.3. The lowest BCUT2D eigenvalue weighted by Crippen LogP contribution is -2.35. The van der Waals surface area contributed by atoms with Gasteiger partial charge in [-0.25, -0.2) is 4.68 Å². The standard InChI is InChI=1S/C29H38N6O/c1-8-9-26(27-31-32-33-35(27)29(5,6)7)34(17-22-12-10-19(2)11-13-22)18-23-16-24-21(4)14-20(3)15-25(24)30-28(23)36/h10-16,26H,8-9,17-18H2,1-7H3,(H,30,36)/t26-/m0/s1. The van der Waals surface area contributed by atoms with Crippen molar-refractivity contribution in [2.24, 2.45) is 0 Å². The van der Waals surface area contributed by atoms with Crippen molar-refractivity contribution in [2.75, 3.05) is 0 Å². The lowest BCUT2D eigenvalue weighted by molar-refractivity contribution is 0.148. The Kier molecular flexibility index (Phi) is 7.41. The molecule has 4 rings (SSSR count). The minimum Gasteiger partial charge on any atom is -0.322 e. The number of fused-ring (bicyclic) bond motifs is 1. The average molecular weight is 487 g/mol. The Hall–Kier alpha value is -3.32. The fraction of sp³-hybridized carbons (Fsp3) is 0.448. The number of hydrogen-bond acceptors (Lipinski definition) is 5. The van der Waals surface area contributed by atoms with E-state index in [2.05, 4.69) is 110 Å². The number of benzene rings is 2. The van der Waals surface area contributed by atoms with Gasteiger partial charge in [0.25, 0.3) is 5.56 Å². The predicted octanol–water partition coefficient (Wildman–Crippen LogP) is 5.74. The summed E-state index contributed by atoms with van der Waals surface area (Å²) in [6, 6.07) is 14.8. The van der Waals surface area contributed by atoms with Crippen LogP contribution in [-0.2, 0) is 18.6 Å². The lowest BCUT2D eigenvalue weighted by Gasteiger charge is -2.33. The van der Waals surface area contributed by atoms with Crippen molar-refractivity contribution in [1.29, 1.82) is 0 Å². The van der Waals surface area contributed by atoms with E-state index in [0.29, 0.717) is 13.1 Å². The van der Waals surface area contributed by atoms with Crippen LogP contribution in [0.25, 0.3) is 10.9 Å². The highest BCUT2D eigenvalue weighted by atomic mass is 16.1. The van der Waals surface area contributed by atoms with Crippen molar-refractivity contribution in [3.8, 4) is 0 Å². The van der Waals surface area contributed by atoms with Crippen molar-refractivity contribution in [3.63, 3.8) is 0 Å². The first-order valence-corrected chi connectivity index (χ1v) is 12.8. The van der Waals surface area contributed by atoms with Crippen molar-refractivity contribution in [3.05, 3.63) is 86.5 Å². The molecule has 0 amide bonds. The summed E-state index contributed by atoms with van der Waals surface area (Å²) in [6.07, 6.45) is 1.85. The Morgan fingerprint density at radius 1 is 1.00 bits per heavy atom. The van der Waals surface area contributed by atoms with Crippen molar-refractivity contribution >= 4 is 10.9 Å². The maximum atomic E-state index is 13.3. The molecule has 1 atom stereocenters. The number of aromatic nitrogens is 5. The van der Waals surface area contributed by atoms with Crippen LogP contribution in [0.15, 0.2) is 47.3 Å². The molecule has 190 valence electrons. The molecule has 7 nitrogen and oxygen atoms in total. The van der Waals surface area contributed by atoms with Gasteiger partial charge in [-0.05, 0) is 87.2 Å². The third-order valence-corrected chi connectivity index (χ3v) is 6.70. The van der Waals surface area contributed by atoms with Crippen LogP contribution < -0.4 is 5.56 Å². The first kappa shape index (κ1) is 25.8. The van der Waals surface area contributed by atoms with Crippen molar-refractivity contribution in [2.45, 2.75) is 86.0 Å². The quantitative estimate of drug-likeness (QED) is 0.344. The van der Waals surface area contributed by atoms with Crippen molar-refractivity contribution in [1.82, 2.24) is 30.1 Å².